The average molecular weight is 255 g/mol. The van der Waals surface area contributed by atoms with E-state index in [1.807, 2.05) is 13.0 Å². The number of nitro benzene ring substituents is 1. The summed E-state index contributed by atoms with van der Waals surface area (Å²) in [6.45, 7) is 2.02. The number of rotatable bonds is 2. The van der Waals surface area contributed by atoms with Crippen LogP contribution in [0.4, 0.5) is 5.69 Å². The molecule has 0 spiro atoms. The topological polar surface area (TPSA) is 56.0 Å². The molecular formula is C9H8N2O2Se. The van der Waals surface area contributed by atoms with E-state index in [1.165, 1.54) is 0 Å². The summed E-state index contributed by atoms with van der Waals surface area (Å²) in [5.41, 5.74) is 1.22. The third-order valence-corrected chi connectivity index (χ3v) is 4.02. The van der Waals surface area contributed by atoms with Crippen LogP contribution in [0.25, 0.3) is 9.65 Å². The van der Waals surface area contributed by atoms with Gasteiger partial charge in [-0.25, -0.2) is 0 Å². The Morgan fingerprint density at radius 3 is 3.00 bits per heavy atom. The van der Waals surface area contributed by atoms with E-state index in [1.54, 1.807) is 12.1 Å². The summed E-state index contributed by atoms with van der Waals surface area (Å²) in [5.74, 6) is 0. The molecule has 2 aromatic rings. The van der Waals surface area contributed by atoms with Crippen molar-refractivity contribution in [1.29, 1.82) is 0 Å². The number of aromatic nitrogens is 1. The van der Waals surface area contributed by atoms with Gasteiger partial charge in [0.1, 0.15) is 0 Å². The second kappa shape index (κ2) is 3.52. The fourth-order valence-electron chi connectivity index (χ4n) is 1.40. The Labute approximate surface area is 86.7 Å². The van der Waals surface area contributed by atoms with Crippen molar-refractivity contribution < 1.29 is 4.92 Å². The van der Waals surface area contributed by atoms with Gasteiger partial charge in [-0.15, -0.1) is 0 Å². The molecule has 0 bridgehead atoms. The van der Waals surface area contributed by atoms with Gasteiger partial charge in [-0.2, -0.15) is 0 Å². The summed E-state index contributed by atoms with van der Waals surface area (Å²) in [5, 5.41) is 11.7. The predicted molar refractivity (Wildman–Crippen MR) is 54.7 cm³/mol. The monoisotopic (exact) mass is 256 g/mol. The minimum atomic E-state index is -0.325. The Kier molecular flexibility index (Phi) is 2.35. The molecule has 0 fully saturated rings. The van der Waals surface area contributed by atoms with Crippen molar-refractivity contribution in [3.05, 3.63) is 34.0 Å². The Bertz CT molecular complexity index is 493. The summed E-state index contributed by atoms with van der Waals surface area (Å²) in [6, 6.07) is 5.19. The standard InChI is InChI=1S/C9H8N2O2Se/c1-2-7-6-4-3-5-8(11(12)13)9(6)14-10-7/h3-5H,2H2,1H3. The number of benzene rings is 1. The third-order valence-electron chi connectivity index (χ3n) is 2.08. The van der Waals surface area contributed by atoms with Gasteiger partial charge in [0, 0.05) is 0 Å². The second-order valence-corrected chi connectivity index (χ2v) is 4.52. The molecule has 0 aliphatic rings. The first-order valence-corrected chi connectivity index (χ1v) is 5.88. The van der Waals surface area contributed by atoms with Crippen molar-refractivity contribution in [2.75, 3.05) is 0 Å². The van der Waals surface area contributed by atoms with Gasteiger partial charge in [0.05, 0.1) is 0 Å². The molecule has 0 saturated carbocycles. The summed E-state index contributed by atoms with van der Waals surface area (Å²) in [7, 11) is 0. The number of hydrogen-bond donors (Lipinski definition) is 0. The first-order valence-electron chi connectivity index (χ1n) is 4.25. The van der Waals surface area contributed by atoms with Gasteiger partial charge >= 0.3 is 86.3 Å². The molecule has 0 aliphatic heterocycles. The van der Waals surface area contributed by atoms with Crippen LogP contribution in [0.1, 0.15) is 12.6 Å². The van der Waals surface area contributed by atoms with E-state index >= 15 is 0 Å². The van der Waals surface area contributed by atoms with Crippen molar-refractivity contribution in [2.24, 2.45) is 0 Å². The Morgan fingerprint density at radius 2 is 2.36 bits per heavy atom. The fraction of sp³-hybridized carbons (Fsp3) is 0.222. The zero-order chi connectivity index (χ0) is 10.1. The minimum absolute atomic E-state index is 0.107. The van der Waals surface area contributed by atoms with Crippen LogP contribution in [-0.2, 0) is 6.42 Å². The normalized spacial score (nSPS) is 10.6. The van der Waals surface area contributed by atoms with E-state index in [9.17, 15) is 10.1 Å². The van der Waals surface area contributed by atoms with Crippen molar-refractivity contribution in [3.8, 4) is 0 Å². The molecule has 14 heavy (non-hydrogen) atoms. The molecule has 0 unspecified atom stereocenters. The molecule has 72 valence electrons. The predicted octanol–water partition coefficient (Wildman–Crippen LogP) is 1.76. The molecule has 0 saturated heterocycles. The van der Waals surface area contributed by atoms with Crippen molar-refractivity contribution in [2.45, 2.75) is 13.3 Å². The van der Waals surface area contributed by atoms with Crippen LogP contribution >= 0.6 is 0 Å². The van der Waals surface area contributed by atoms with Crippen LogP contribution < -0.4 is 0 Å². The molecule has 5 heteroatoms. The number of aryl methyl sites for hydroxylation is 1. The van der Waals surface area contributed by atoms with Crippen LogP contribution in [0.3, 0.4) is 0 Å². The molecule has 0 aliphatic carbocycles. The summed E-state index contributed by atoms with van der Waals surface area (Å²) in [6.07, 6.45) is 0.843. The van der Waals surface area contributed by atoms with Crippen molar-refractivity contribution in [1.82, 2.24) is 3.98 Å². The number of non-ortho nitro benzene ring substituents is 1. The summed E-state index contributed by atoms with van der Waals surface area (Å²) in [4.78, 5) is 10.4. The molecule has 1 aromatic heterocycles. The van der Waals surface area contributed by atoms with E-state index in [0.29, 0.717) is 0 Å². The Balaban J connectivity index is 2.76. The molecule has 4 nitrogen and oxygen atoms in total. The molecule has 1 aromatic carbocycles. The van der Waals surface area contributed by atoms with Crippen LogP contribution in [0.15, 0.2) is 18.2 Å². The molecule has 0 radical (unpaired) electrons. The number of hydrogen-bond acceptors (Lipinski definition) is 3. The van der Waals surface area contributed by atoms with Gasteiger partial charge in [0.2, 0.25) is 0 Å². The average Bonchev–Trinajstić information content (AvgIpc) is 2.59. The molecule has 2 rings (SSSR count). The summed E-state index contributed by atoms with van der Waals surface area (Å²) < 4.78 is 5.16. The maximum absolute atomic E-state index is 10.7. The van der Waals surface area contributed by atoms with Crippen LogP contribution in [-0.4, -0.2) is 23.6 Å². The van der Waals surface area contributed by atoms with E-state index in [2.05, 4.69) is 3.98 Å². The first-order chi connectivity index (χ1) is 6.74. The Morgan fingerprint density at radius 1 is 1.57 bits per heavy atom. The quantitative estimate of drug-likeness (QED) is 0.466. The molecular weight excluding hydrogens is 247 g/mol. The molecule has 1 heterocycles. The zero-order valence-corrected chi connectivity index (χ0v) is 9.27. The SMILES string of the molecule is CCc1n[se]c2c([N+](=O)[O-])cccc12. The van der Waals surface area contributed by atoms with E-state index in [4.69, 9.17) is 0 Å². The van der Waals surface area contributed by atoms with Crippen LogP contribution in [0.5, 0.6) is 0 Å². The maximum atomic E-state index is 10.7. The fourth-order valence-corrected chi connectivity index (χ4v) is 3.39. The number of fused-ring (bicyclic) bond motifs is 1. The third kappa shape index (κ3) is 1.34. The van der Waals surface area contributed by atoms with Gasteiger partial charge in [0.15, 0.2) is 0 Å². The number of nitro groups is 1. The summed E-state index contributed by atoms with van der Waals surface area (Å²) >= 11 is -0.107. The van der Waals surface area contributed by atoms with Crippen molar-refractivity contribution >= 4 is 30.1 Å². The molecule has 0 N–H and O–H groups in total. The van der Waals surface area contributed by atoms with Gasteiger partial charge in [-0.1, -0.05) is 0 Å². The van der Waals surface area contributed by atoms with Crippen LogP contribution in [0.2, 0.25) is 0 Å². The first kappa shape index (κ1) is 9.37. The van der Waals surface area contributed by atoms with Crippen molar-refractivity contribution in [3.63, 3.8) is 0 Å². The molecule has 0 amide bonds. The van der Waals surface area contributed by atoms with E-state index < -0.39 is 0 Å². The van der Waals surface area contributed by atoms with E-state index in [0.717, 1.165) is 21.8 Å². The molecule has 0 atom stereocenters. The van der Waals surface area contributed by atoms with Gasteiger partial charge < -0.3 is 0 Å². The van der Waals surface area contributed by atoms with Gasteiger partial charge in [-0.05, 0) is 0 Å². The van der Waals surface area contributed by atoms with Gasteiger partial charge in [-0.3, -0.25) is 0 Å². The van der Waals surface area contributed by atoms with E-state index in [-0.39, 0.29) is 25.3 Å². The van der Waals surface area contributed by atoms with Crippen LogP contribution in [0, 0.1) is 10.1 Å². The number of nitrogens with zero attached hydrogens (tertiary/aromatic N) is 2. The van der Waals surface area contributed by atoms with Gasteiger partial charge in [0.25, 0.3) is 0 Å². The zero-order valence-electron chi connectivity index (χ0n) is 7.56. The Hall–Kier alpha value is -1.19. The second-order valence-electron chi connectivity index (χ2n) is 2.89.